The number of benzene rings is 2. The van der Waals surface area contributed by atoms with Gasteiger partial charge in [-0.15, -0.1) is 0 Å². The molecule has 5 nitrogen and oxygen atoms in total. The molecule has 2 amide bonds. The summed E-state index contributed by atoms with van der Waals surface area (Å²) < 4.78 is 5.58. The standard InChI is InChI=1S/C24H30N2O3/c25-23(27)11-10-19-6-8-20(9-7-19)16-21-12-14-26(15-13-21)24(28)18-29-17-22-4-2-1-3-5-22/h1-9,21H,10-18H2,(H2,25,27). The average Bonchev–Trinajstić information content (AvgIpc) is 2.74. The molecule has 2 aromatic rings. The predicted octanol–water partition coefficient (Wildman–Crippen LogP) is 3.10. The number of carbonyl (C=O) groups is 2. The van der Waals surface area contributed by atoms with Gasteiger partial charge in [0.2, 0.25) is 11.8 Å². The summed E-state index contributed by atoms with van der Waals surface area (Å²) in [5, 5.41) is 0. The van der Waals surface area contributed by atoms with Gasteiger partial charge in [-0.25, -0.2) is 0 Å². The van der Waals surface area contributed by atoms with Crippen molar-refractivity contribution in [2.75, 3.05) is 19.7 Å². The fourth-order valence-corrected chi connectivity index (χ4v) is 3.75. The first-order chi connectivity index (χ1) is 14.1. The summed E-state index contributed by atoms with van der Waals surface area (Å²) in [7, 11) is 0. The number of aryl methyl sites for hydroxylation is 1. The molecule has 0 radical (unpaired) electrons. The molecule has 1 aliphatic rings. The van der Waals surface area contributed by atoms with Crippen molar-refractivity contribution in [1.82, 2.24) is 4.90 Å². The number of piperidine rings is 1. The van der Waals surface area contributed by atoms with Crippen LogP contribution < -0.4 is 5.73 Å². The van der Waals surface area contributed by atoms with Crippen LogP contribution in [0.15, 0.2) is 54.6 Å². The lowest BCUT2D eigenvalue weighted by atomic mass is 9.89. The van der Waals surface area contributed by atoms with E-state index >= 15 is 0 Å². The highest BCUT2D eigenvalue weighted by Gasteiger charge is 2.23. The van der Waals surface area contributed by atoms with Crippen LogP contribution in [0.25, 0.3) is 0 Å². The first-order valence-electron chi connectivity index (χ1n) is 10.4. The minimum Gasteiger partial charge on any atom is -0.370 e. The highest BCUT2D eigenvalue weighted by molar-refractivity contribution is 5.77. The Morgan fingerprint density at radius 2 is 1.59 bits per heavy atom. The second-order valence-electron chi connectivity index (χ2n) is 7.79. The lowest BCUT2D eigenvalue weighted by molar-refractivity contribution is -0.138. The first-order valence-corrected chi connectivity index (χ1v) is 10.4. The molecule has 29 heavy (non-hydrogen) atoms. The lowest BCUT2D eigenvalue weighted by Gasteiger charge is -2.32. The van der Waals surface area contributed by atoms with E-state index in [-0.39, 0.29) is 18.4 Å². The van der Waals surface area contributed by atoms with Crippen molar-refractivity contribution >= 4 is 11.8 Å². The molecule has 154 valence electrons. The Bertz CT molecular complexity index is 782. The van der Waals surface area contributed by atoms with Gasteiger partial charge >= 0.3 is 0 Å². The number of likely N-dealkylation sites (tertiary alicyclic amines) is 1. The lowest BCUT2D eigenvalue weighted by Crippen LogP contribution is -2.40. The fourth-order valence-electron chi connectivity index (χ4n) is 3.75. The summed E-state index contributed by atoms with van der Waals surface area (Å²) in [6.07, 6.45) is 4.16. The molecule has 0 saturated carbocycles. The molecule has 1 heterocycles. The van der Waals surface area contributed by atoms with Crippen molar-refractivity contribution < 1.29 is 14.3 Å². The second-order valence-corrected chi connectivity index (χ2v) is 7.79. The Labute approximate surface area is 172 Å². The molecule has 2 N–H and O–H groups in total. The molecule has 3 rings (SSSR count). The van der Waals surface area contributed by atoms with Crippen molar-refractivity contribution in [3.05, 3.63) is 71.3 Å². The number of nitrogens with zero attached hydrogens (tertiary/aromatic N) is 1. The number of amides is 2. The van der Waals surface area contributed by atoms with Crippen molar-refractivity contribution in [3.63, 3.8) is 0 Å². The average molecular weight is 395 g/mol. The number of primary amides is 1. The van der Waals surface area contributed by atoms with Crippen molar-refractivity contribution in [3.8, 4) is 0 Å². The van der Waals surface area contributed by atoms with Crippen molar-refractivity contribution in [2.45, 2.75) is 38.7 Å². The third-order valence-electron chi connectivity index (χ3n) is 5.51. The number of rotatable bonds is 9. The van der Waals surface area contributed by atoms with Crippen LogP contribution in [0, 0.1) is 5.92 Å². The maximum atomic E-state index is 12.4. The third kappa shape index (κ3) is 7.02. The van der Waals surface area contributed by atoms with Gasteiger partial charge in [-0.1, -0.05) is 54.6 Å². The van der Waals surface area contributed by atoms with Gasteiger partial charge in [-0.2, -0.15) is 0 Å². The van der Waals surface area contributed by atoms with Gasteiger partial charge in [0.15, 0.2) is 0 Å². The van der Waals surface area contributed by atoms with Crippen LogP contribution in [-0.2, 0) is 33.8 Å². The Morgan fingerprint density at radius 1 is 0.931 bits per heavy atom. The van der Waals surface area contributed by atoms with Crippen LogP contribution in [0.3, 0.4) is 0 Å². The first kappa shape index (κ1) is 21.1. The molecule has 0 bridgehead atoms. The molecule has 1 saturated heterocycles. The van der Waals surface area contributed by atoms with E-state index in [2.05, 4.69) is 24.3 Å². The zero-order valence-electron chi connectivity index (χ0n) is 16.9. The van der Waals surface area contributed by atoms with Gasteiger partial charge in [-0.05, 0) is 48.3 Å². The van der Waals surface area contributed by atoms with Crippen molar-refractivity contribution in [1.29, 1.82) is 0 Å². The van der Waals surface area contributed by atoms with Crippen LogP contribution in [0.4, 0.5) is 0 Å². The Balaban J connectivity index is 1.36. The molecule has 1 aliphatic heterocycles. The van der Waals surface area contributed by atoms with Crippen molar-refractivity contribution in [2.24, 2.45) is 11.7 Å². The van der Waals surface area contributed by atoms with E-state index in [1.165, 1.54) is 5.56 Å². The quantitative estimate of drug-likeness (QED) is 0.710. The van der Waals surface area contributed by atoms with E-state index in [0.717, 1.165) is 43.5 Å². The summed E-state index contributed by atoms with van der Waals surface area (Å²) in [6, 6.07) is 18.4. The molecule has 1 fully saturated rings. The maximum absolute atomic E-state index is 12.4. The summed E-state index contributed by atoms with van der Waals surface area (Å²) in [6.45, 7) is 2.22. The van der Waals surface area contributed by atoms with Gasteiger partial charge < -0.3 is 15.4 Å². The maximum Gasteiger partial charge on any atom is 0.248 e. The molecule has 0 unspecified atom stereocenters. The molecular weight excluding hydrogens is 364 g/mol. The van der Waals surface area contributed by atoms with E-state index in [1.807, 2.05) is 35.2 Å². The van der Waals surface area contributed by atoms with Gasteiger partial charge in [0, 0.05) is 19.5 Å². The number of hydrogen-bond acceptors (Lipinski definition) is 3. The van der Waals surface area contributed by atoms with Crippen LogP contribution in [0.5, 0.6) is 0 Å². The number of ether oxygens (including phenoxy) is 1. The highest BCUT2D eigenvalue weighted by Crippen LogP contribution is 2.22. The SMILES string of the molecule is NC(=O)CCc1ccc(CC2CCN(C(=O)COCc3ccccc3)CC2)cc1. The van der Waals surface area contributed by atoms with Gasteiger partial charge in [0.1, 0.15) is 6.61 Å². The number of nitrogens with two attached hydrogens (primary N) is 1. The summed E-state index contributed by atoms with van der Waals surface area (Å²) in [4.78, 5) is 25.2. The molecular formula is C24H30N2O3. The molecule has 0 aromatic heterocycles. The van der Waals surface area contributed by atoms with E-state index in [0.29, 0.717) is 25.4 Å². The minimum atomic E-state index is -0.263. The Hall–Kier alpha value is -2.66. The zero-order chi connectivity index (χ0) is 20.5. The van der Waals surface area contributed by atoms with Crippen LogP contribution >= 0.6 is 0 Å². The Kier molecular flexibility index (Phi) is 7.82. The van der Waals surface area contributed by atoms with Crippen LogP contribution in [-0.4, -0.2) is 36.4 Å². The molecule has 0 aliphatic carbocycles. The summed E-state index contributed by atoms with van der Waals surface area (Å²) in [5.74, 6) is 0.416. The molecule has 0 spiro atoms. The van der Waals surface area contributed by atoms with E-state index in [4.69, 9.17) is 10.5 Å². The molecule has 5 heteroatoms. The highest BCUT2D eigenvalue weighted by atomic mass is 16.5. The number of carbonyl (C=O) groups excluding carboxylic acids is 2. The van der Waals surface area contributed by atoms with Crippen LogP contribution in [0.1, 0.15) is 36.0 Å². The van der Waals surface area contributed by atoms with E-state index in [9.17, 15) is 9.59 Å². The second kappa shape index (κ2) is 10.8. The monoisotopic (exact) mass is 394 g/mol. The smallest absolute Gasteiger partial charge is 0.248 e. The predicted molar refractivity (Wildman–Crippen MR) is 113 cm³/mol. The minimum absolute atomic E-state index is 0.0817. The topological polar surface area (TPSA) is 72.6 Å². The van der Waals surface area contributed by atoms with Crippen LogP contribution in [0.2, 0.25) is 0 Å². The van der Waals surface area contributed by atoms with Gasteiger partial charge in [0.05, 0.1) is 6.61 Å². The van der Waals surface area contributed by atoms with Gasteiger partial charge in [0.25, 0.3) is 0 Å². The normalized spacial score (nSPS) is 14.7. The van der Waals surface area contributed by atoms with E-state index in [1.54, 1.807) is 0 Å². The zero-order valence-corrected chi connectivity index (χ0v) is 16.9. The third-order valence-corrected chi connectivity index (χ3v) is 5.51. The molecule has 0 atom stereocenters. The molecule has 2 aromatic carbocycles. The Morgan fingerprint density at radius 3 is 2.24 bits per heavy atom. The summed E-state index contributed by atoms with van der Waals surface area (Å²) >= 11 is 0. The fraction of sp³-hybridized carbons (Fsp3) is 0.417. The van der Waals surface area contributed by atoms with Gasteiger partial charge in [-0.3, -0.25) is 9.59 Å². The number of hydrogen-bond donors (Lipinski definition) is 1. The largest absolute Gasteiger partial charge is 0.370 e. The summed E-state index contributed by atoms with van der Waals surface area (Å²) in [5.41, 5.74) is 8.74. The van der Waals surface area contributed by atoms with E-state index < -0.39 is 0 Å².